The van der Waals surface area contributed by atoms with Gasteiger partial charge in [0.05, 0.1) is 24.6 Å². The monoisotopic (exact) mass is 310 g/mol. The first kappa shape index (κ1) is 13.7. The van der Waals surface area contributed by atoms with Crippen LogP contribution in [0.15, 0.2) is 33.5 Å². The van der Waals surface area contributed by atoms with E-state index in [4.69, 9.17) is 21.4 Å². The van der Waals surface area contributed by atoms with Crippen LogP contribution in [-0.4, -0.2) is 40.1 Å². The van der Waals surface area contributed by atoms with E-state index in [1.807, 2.05) is 18.2 Å². The normalized spacial score (nSPS) is 15.7. The molecule has 5 nitrogen and oxygen atoms in total. The van der Waals surface area contributed by atoms with Crippen LogP contribution in [-0.2, 0) is 10.6 Å². The molecule has 0 bridgehead atoms. The molecule has 106 valence electrons. The molecule has 0 atom stereocenters. The number of morpholine rings is 1. The summed E-state index contributed by atoms with van der Waals surface area (Å²) in [7, 11) is 0. The van der Waals surface area contributed by atoms with E-state index in [0.717, 1.165) is 22.9 Å². The third kappa shape index (κ3) is 2.74. The zero-order valence-corrected chi connectivity index (χ0v) is 12.4. The second-order valence-corrected chi connectivity index (χ2v) is 5.98. The third-order valence-corrected chi connectivity index (χ3v) is 4.66. The van der Waals surface area contributed by atoms with Gasteiger partial charge in [-0.25, -0.2) is 4.79 Å². The summed E-state index contributed by atoms with van der Waals surface area (Å²) in [6, 6.07) is 7.40. The number of fused-ring (bicyclic) bond motifs is 1. The summed E-state index contributed by atoms with van der Waals surface area (Å²) in [5.41, 5.74) is 1.41. The summed E-state index contributed by atoms with van der Waals surface area (Å²) in [6.07, 6.45) is 0. The van der Waals surface area contributed by atoms with Gasteiger partial charge in [0.1, 0.15) is 4.32 Å². The Kier molecular flexibility index (Phi) is 4.09. The fourth-order valence-corrected chi connectivity index (χ4v) is 3.28. The van der Waals surface area contributed by atoms with E-state index < -0.39 is 0 Å². The Hall–Kier alpha value is -1.31. The lowest BCUT2D eigenvalue weighted by Gasteiger charge is -2.28. The van der Waals surface area contributed by atoms with Crippen molar-refractivity contribution in [2.75, 3.05) is 26.3 Å². The molecule has 2 heterocycles. The van der Waals surface area contributed by atoms with Gasteiger partial charge in [0, 0.05) is 13.1 Å². The van der Waals surface area contributed by atoms with Crippen LogP contribution in [0.4, 0.5) is 0 Å². The second-order valence-electron chi connectivity index (χ2n) is 4.40. The smallest absolute Gasteiger partial charge is 0.408 e. The number of para-hydroxylation sites is 2. The first-order valence-corrected chi connectivity index (χ1v) is 7.73. The van der Waals surface area contributed by atoms with Crippen molar-refractivity contribution in [2.45, 2.75) is 5.88 Å². The molecule has 0 N–H and O–H groups in total. The van der Waals surface area contributed by atoms with Gasteiger partial charge in [0.15, 0.2) is 5.58 Å². The quantitative estimate of drug-likeness (QED) is 0.790. The fraction of sp³-hybridized carbons (Fsp3) is 0.385. The average molecular weight is 310 g/mol. The fourth-order valence-electron chi connectivity index (χ4n) is 2.09. The van der Waals surface area contributed by atoms with Gasteiger partial charge in [-0.15, -0.1) is 0 Å². The molecule has 1 aliphatic heterocycles. The minimum atomic E-state index is -0.344. The molecular formula is C13H14N2O3S2. The average Bonchev–Trinajstić information content (AvgIpc) is 2.81. The van der Waals surface area contributed by atoms with Crippen molar-refractivity contribution in [1.82, 2.24) is 9.47 Å². The van der Waals surface area contributed by atoms with Crippen LogP contribution < -0.4 is 5.76 Å². The van der Waals surface area contributed by atoms with Gasteiger partial charge < -0.3 is 14.1 Å². The van der Waals surface area contributed by atoms with Crippen molar-refractivity contribution in [1.29, 1.82) is 0 Å². The van der Waals surface area contributed by atoms with Crippen LogP contribution in [0.1, 0.15) is 0 Å². The number of thiocarbonyl (C=S) groups is 1. The molecule has 1 saturated heterocycles. The number of hydrogen-bond acceptors (Lipinski definition) is 5. The molecule has 1 aromatic heterocycles. The molecule has 7 heteroatoms. The maximum absolute atomic E-state index is 11.8. The number of benzene rings is 1. The third-order valence-electron chi connectivity index (χ3n) is 3.16. The lowest BCUT2D eigenvalue weighted by molar-refractivity contribution is 0.0702. The van der Waals surface area contributed by atoms with Crippen molar-refractivity contribution < 1.29 is 9.15 Å². The minimum Gasteiger partial charge on any atom is -0.408 e. The highest BCUT2D eigenvalue weighted by Gasteiger charge is 2.15. The summed E-state index contributed by atoms with van der Waals surface area (Å²) in [5.74, 6) is 0.120. The summed E-state index contributed by atoms with van der Waals surface area (Å²) in [6.45, 7) is 3.03. The molecule has 3 rings (SSSR count). The van der Waals surface area contributed by atoms with E-state index in [2.05, 4.69) is 4.90 Å². The highest BCUT2D eigenvalue weighted by atomic mass is 32.2. The van der Waals surface area contributed by atoms with Crippen LogP contribution >= 0.6 is 24.0 Å². The molecule has 0 aliphatic carbocycles. The lowest BCUT2D eigenvalue weighted by Crippen LogP contribution is -2.38. The number of hydrogen-bond donors (Lipinski definition) is 0. The van der Waals surface area contributed by atoms with E-state index in [1.54, 1.807) is 10.6 Å². The Morgan fingerprint density at radius 2 is 2.05 bits per heavy atom. The SMILES string of the molecule is O=c1oc2ccccc2n1CSC(=S)N1CCOCC1. The van der Waals surface area contributed by atoms with Crippen molar-refractivity contribution in [3.63, 3.8) is 0 Å². The van der Waals surface area contributed by atoms with Gasteiger partial charge in [0.2, 0.25) is 0 Å². The summed E-state index contributed by atoms with van der Waals surface area (Å²) < 4.78 is 12.9. The number of ether oxygens (including phenoxy) is 1. The molecule has 1 aromatic carbocycles. The van der Waals surface area contributed by atoms with Crippen molar-refractivity contribution in [2.24, 2.45) is 0 Å². The molecule has 1 aliphatic rings. The maximum atomic E-state index is 11.8. The van der Waals surface area contributed by atoms with Crippen molar-refractivity contribution in [3.8, 4) is 0 Å². The van der Waals surface area contributed by atoms with Crippen molar-refractivity contribution in [3.05, 3.63) is 34.8 Å². The number of rotatable bonds is 2. The van der Waals surface area contributed by atoms with Gasteiger partial charge in [-0.3, -0.25) is 4.57 Å². The highest BCUT2D eigenvalue weighted by molar-refractivity contribution is 8.22. The second kappa shape index (κ2) is 5.99. The van der Waals surface area contributed by atoms with Crippen LogP contribution in [0.2, 0.25) is 0 Å². The Bertz CT molecular complexity index is 674. The lowest BCUT2D eigenvalue weighted by atomic mass is 10.3. The maximum Gasteiger partial charge on any atom is 0.420 e. The van der Waals surface area contributed by atoms with Crippen LogP contribution in [0.3, 0.4) is 0 Å². The van der Waals surface area contributed by atoms with Crippen LogP contribution in [0.5, 0.6) is 0 Å². The van der Waals surface area contributed by atoms with Crippen LogP contribution in [0.25, 0.3) is 11.1 Å². The molecule has 0 unspecified atom stereocenters. The highest BCUT2D eigenvalue weighted by Crippen LogP contribution is 2.17. The molecule has 0 radical (unpaired) electrons. The first-order valence-electron chi connectivity index (χ1n) is 6.33. The molecule has 0 spiro atoms. The number of thioether (sulfide) groups is 1. The molecule has 0 amide bonds. The molecule has 20 heavy (non-hydrogen) atoms. The molecule has 1 fully saturated rings. The predicted molar refractivity (Wildman–Crippen MR) is 83.1 cm³/mol. The zero-order chi connectivity index (χ0) is 13.9. The molecular weight excluding hydrogens is 296 g/mol. The first-order chi connectivity index (χ1) is 9.75. The van der Waals surface area contributed by atoms with E-state index in [-0.39, 0.29) is 5.76 Å². The largest absolute Gasteiger partial charge is 0.420 e. The van der Waals surface area contributed by atoms with E-state index in [9.17, 15) is 4.79 Å². The van der Waals surface area contributed by atoms with Gasteiger partial charge >= 0.3 is 5.76 Å². The van der Waals surface area contributed by atoms with E-state index in [0.29, 0.717) is 24.7 Å². The number of oxazole rings is 1. The number of nitrogens with zero attached hydrogens (tertiary/aromatic N) is 2. The standard InChI is InChI=1S/C13H14N2O3S2/c16-12-15(10-3-1-2-4-11(10)18-12)9-20-13(19)14-5-7-17-8-6-14/h1-4H,5-9H2. The van der Waals surface area contributed by atoms with Gasteiger partial charge in [-0.2, -0.15) is 0 Å². The van der Waals surface area contributed by atoms with Crippen molar-refractivity contribution >= 4 is 39.4 Å². The Morgan fingerprint density at radius 1 is 1.30 bits per heavy atom. The topological polar surface area (TPSA) is 47.6 Å². The minimum absolute atomic E-state index is 0.344. The Labute approximate surface area is 125 Å². The summed E-state index contributed by atoms with van der Waals surface area (Å²) in [4.78, 5) is 13.9. The van der Waals surface area contributed by atoms with E-state index >= 15 is 0 Å². The number of aromatic nitrogens is 1. The van der Waals surface area contributed by atoms with Gasteiger partial charge in [0.25, 0.3) is 0 Å². The van der Waals surface area contributed by atoms with E-state index in [1.165, 1.54) is 11.8 Å². The Balaban J connectivity index is 1.72. The Morgan fingerprint density at radius 3 is 2.85 bits per heavy atom. The summed E-state index contributed by atoms with van der Waals surface area (Å²) >= 11 is 6.87. The summed E-state index contributed by atoms with van der Waals surface area (Å²) in [5, 5.41) is 0. The van der Waals surface area contributed by atoms with Crippen LogP contribution in [0, 0.1) is 0 Å². The van der Waals surface area contributed by atoms with Gasteiger partial charge in [-0.05, 0) is 12.1 Å². The molecule has 2 aromatic rings. The van der Waals surface area contributed by atoms with Gasteiger partial charge in [-0.1, -0.05) is 36.1 Å². The molecule has 0 saturated carbocycles. The predicted octanol–water partition coefficient (Wildman–Crippen LogP) is 1.90. The zero-order valence-electron chi connectivity index (χ0n) is 10.8.